The minimum atomic E-state index is -2.97. The number of carboxylic acid groups (broad SMARTS) is 1. The average molecular weight is 210 g/mol. The molecule has 5 nitrogen and oxygen atoms in total. The molecular formula is C7H14O5S. The van der Waals surface area contributed by atoms with Gasteiger partial charge >= 0.3 is 5.97 Å². The molecular weight excluding hydrogens is 196 g/mol. The zero-order chi connectivity index (χ0) is 10.5. The first kappa shape index (κ1) is 12.4. The summed E-state index contributed by atoms with van der Waals surface area (Å²) in [7, 11) is -2.97. The van der Waals surface area contributed by atoms with Crippen LogP contribution in [0.25, 0.3) is 0 Å². The van der Waals surface area contributed by atoms with Crippen LogP contribution in [-0.2, 0) is 19.4 Å². The minimum absolute atomic E-state index is 0.0271. The second-order valence-corrected chi connectivity index (χ2v) is 5.09. The standard InChI is InChI=1S/C7H14O5S/c1-6(7(8)9)12-4-3-5-13(2,10)11/h6H,3-5H2,1-2H3,(H,8,9)/t6-/m0/s1. The second kappa shape index (κ2) is 5.18. The van der Waals surface area contributed by atoms with Crippen LogP contribution < -0.4 is 0 Å². The summed E-state index contributed by atoms with van der Waals surface area (Å²) < 4.78 is 26.1. The van der Waals surface area contributed by atoms with Gasteiger partial charge in [0.2, 0.25) is 0 Å². The molecule has 0 rings (SSSR count). The van der Waals surface area contributed by atoms with E-state index in [-0.39, 0.29) is 12.4 Å². The van der Waals surface area contributed by atoms with Crippen LogP contribution in [-0.4, -0.2) is 44.2 Å². The van der Waals surface area contributed by atoms with E-state index in [1.807, 2.05) is 0 Å². The van der Waals surface area contributed by atoms with Gasteiger partial charge in [0.15, 0.2) is 6.10 Å². The van der Waals surface area contributed by atoms with Crippen molar-refractivity contribution >= 4 is 15.8 Å². The van der Waals surface area contributed by atoms with E-state index in [0.29, 0.717) is 6.42 Å². The van der Waals surface area contributed by atoms with Crippen LogP contribution in [0, 0.1) is 0 Å². The van der Waals surface area contributed by atoms with Gasteiger partial charge in [-0.05, 0) is 13.3 Å². The molecule has 0 aromatic rings. The third-order valence-electron chi connectivity index (χ3n) is 1.38. The third kappa shape index (κ3) is 7.73. The van der Waals surface area contributed by atoms with Gasteiger partial charge in [-0.25, -0.2) is 13.2 Å². The fraction of sp³-hybridized carbons (Fsp3) is 0.857. The number of aliphatic carboxylic acids is 1. The first-order valence-corrected chi connectivity index (χ1v) is 5.91. The van der Waals surface area contributed by atoms with Crippen molar-refractivity contribution in [3.63, 3.8) is 0 Å². The van der Waals surface area contributed by atoms with Gasteiger partial charge in [-0.1, -0.05) is 0 Å². The van der Waals surface area contributed by atoms with Crippen LogP contribution in [0.4, 0.5) is 0 Å². The maximum atomic E-state index is 10.6. The molecule has 0 aliphatic carbocycles. The molecule has 0 aromatic carbocycles. The molecule has 0 spiro atoms. The monoisotopic (exact) mass is 210 g/mol. The number of ether oxygens (including phenoxy) is 1. The molecule has 0 aromatic heterocycles. The van der Waals surface area contributed by atoms with Crippen LogP contribution >= 0.6 is 0 Å². The largest absolute Gasteiger partial charge is 0.479 e. The molecule has 0 saturated heterocycles. The number of carbonyl (C=O) groups is 1. The Morgan fingerprint density at radius 2 is 2.08 bits per heavy atom. The molecule has 0 aliphatic heterocycles. The zero-order valence-corrected chi connectivity index (χ0v) is 8.50. The van der Waals surface area contributed by atoms with Crippen molar-refractivity contribution in [1.29, 1.82) is 0 Å². The van der Waals surface area contributed by atoms with Gasteiger partial charge in [0.1, 0.15) is 9.84 Å². The summed E-state index contributed by atoms with van der Waals surface area (Å²) in [5.74, 6) is -1.02. The van der Waals surface area contributed by atoms with E-state index in [9.17, 15) is 13.2 Å². The fourth-order valence-corrected chi connectivity index (χ4v) is 1.29. The lowest BCUT2D eigenvalue weighted by molar-refractivity contribution is -0.149. The van der Waals surface area contributed by atoms with Gasteiger partial charge in [0, 0.05) is 12.9 Å². The molecule has 0 fully saturated rings. The van der Waals surface area contributed by atoms with Crippen molar-refractivity contribution in [2.24, 2.45) is 0 Å². The molecule has 1 atom stereocenters. The van der Waals surface area contributed by atoms with Crippen molar-refractivity contribution in [1.82, 2.24) is 0 Å². The predicted octanol–water partition coefficient (Wildman–Crippen LogP) is -0.0892. The highest BCUT2D eigenvalue weighted by molar-refractivity contribution is 7.90. The lowest BCUT2D eigenvalue weighted by Crippen LogP contribution is -2.21. The third-order valence-corrected chi connectivity index (χ3v) is 2.41. The summed E-state index contributed by atoms with van der Waals surface area (Å²) in [4.78, 5) is 10.2. The zero-order valence-electron chi connectivity index (χ0n) is 7.69. The Morgan fingerprint density at radius 1 is 1.54 bits per heavy atom. The van der Waals surface area contributed by atoms with Crippen molar-refractivity contribution < 1.29 is 23.1 Å². The number of sulfone groups is 1. The molecule has 0 radical (unpaired) electrons. The maximum absolute atomic E-state index is 10.6. The van der Waals surface area contributed by atoms with Gasteiger partial charge in [-0.2, -0.15) is 0 Å². The molecule has 0 aliphatic rings. The van der Waals surface area contributed by atoms with Crippen molar-refractivity contribution in [3.8, 4) is 0 Å². The Hall–Kier alpha value is -0.620. The van der Waals surface area contributed by atoms with Crippen LogP contribution in [0.3, 0.4) is 0 Å². The molecule has 0 bridgehead atoms. The number of hydrogen-bond donors (Lipinski definition) is 1. The maximum Gasteiger partial charge on any atom is 0.332 e. The SMILES string of the molecule is C[C@H](OCCCS(C)(=O)=O)C(=O)O. The van der Waals surface area contributed by atoms with Crippen LogP contribution in [0.2, 0.25) is 0 Å². The topological polar surface area (TPSA) is 80.7 Å². The van der Waals surface area contributed by atoms with E-state index in [0.717, 1.165) is 6.26 Å². The summed E-state index contributed by atoms with van der Waals surface area (Å²) in [6.07, 6.45) is 0.587. The van der Waals surface area contributed by atoms with Gasteiger partial charge in [0.25, 0.3) is 0 Å². The van der Waals surface area contributed by atoms with Gasteiger partial charge in [-0.3, -0.25) is 0 Å². The Balaban J connectivity index is 3.53. The number of carboxylic acids is 1. The van der Waals surface area contributed by atoms with Gasteiger partial charge < -0.3 is 9.84 Å². The second-order valence-electron chi connectivity index (χ2n) is 2.83. The van der Waals surface area contributed by atoms with Gasteiger partial charge in [-0.15, -0.1) is 0 Å². The van der Waals surface area contributed by atoms with Crippen LogP contribution in [0.1, 0.15) is 13.3 Å². The molecule has 13 heavy (non-hydrogen) atoms. The summed E-state index contributed by atoms with van der Waals surface area (Å²) in [6.45, 7) is 1.56. The lowest BCUT2D eigenvalue weighted by atomic mass is 10.4. The van der Waals surface area contributed by atoms with E-state index >= 15 is 0 Å². The molecule has 6 heteroatoms. The van der Waals surface area contributed by atoms with Crippen LogP contribution in [0.15, 0.2) is 0 Å². The number of hydrogen-bond acceptors (Lipinski definition) is 4. The Kier molecular flexibility index (Phi) is 4.94. The molecule has 78 valence electrons. The van der Waals surface area contributed by atoms with E-state index < -0.39 is 21.9 Å². The molecule has 1 N–H and O–H groups in total. The summed E-state index contributed by atoms with van der Waals surface area (Å²) >= 11 is 0. The molecule has 0 amide bonds. The van der Waals surface area contributed by atoms with E-state index in [1.165, 1.54) is 6.92 Å². The first-order chi connectivity index (χ1) is 5.83. The minimum Gasteiger partial charge on any atom is -0.479 e. The Morgan fingerprint density at radius 3 is 2.46 bits per heavy atom. The molecule has 0 unspecified atom stereocenters. The summed E-state index contributed by atoms with van der Waals surface area (Å²) in [6, 6.07) is 0. The highest BCUT2D eigenvalue weighted by atomic mass is 32.2. The van der Waals surface area contributed by atoms with E-state index in [1.54, 1.807) is 0 Å². The van der Waals surface area contributed by atoms with Gasteiger partial charge in [0.05, 0.1) is 5.75 Å². The first-order valence-electron chi connectivity index (χ1n) is 3.85. The molecule has 0 saturated carbocycles. The van der Waals surface area contributed by atoms with Crippen LogP contribution in [0.5, 0.6) is 0 Å². The molecule has 0 heterocycles. The predicted molar refractivity (Wildman–Crippen MR) is 47.4 cm³/mol. The Bertz CT molecular complexity index is 256. The normalized spacial score (nSPS) is 14.0. The van der Waals surface area contributed by atoms with E-state index in [4.69, 9.17) is 9.84 Å². The summed E-state index contributed by atoms with van der Waals surface area (Å²) in [5.41, 5.74) is 0. The quantitative estimate of drug-likeness (QED) is 0.620. The highest BCUT2D eigenvalue weighted by Gasteiger charge is 2.10. The summed E-state index contributed by atoms with van der Waals surface area (Å²) in [5, 5.41) is 8.40. The van der Waals surface area contributed by atoms with Crippen molar-refractivity contribution in [3.05, 3.63) is 0 Å². The van der Waals surface area contributed by atoms with Crippen molar-refractivity contribution in [2.45, 2.75) is 19.4 Å². The average Bonchev–Trinajstić information content (AvgIpc) is 1.95. The Labute approximate surface area is 77.6 Å². The van der Waals surface area contributed by atoms with E-state index in [2.05, 4.69) is 0 Å². The lowest BCUT2D eigenvalue weighted by Gasteiger charge is -2.07. The number of rotatable bonds is 6. The van der Waals surface area contributed by atoms with Crippen molar-refractivity contribution in [2.75, 3.05) is 18.6 Å². The fourth-order valence-electron chi connectivity index (χ4n) is 0.653. The highest BCUT2D eigenvalue weighted by Crippen LogP contribution is 1.94. The smallest absolute Gasteiger partial charge is 0.332 e.